The molecule has 1 atom stereocenters. The van der Waals surface area contributed by atoms with Crippen molar-refractivity contribution >= 4 is 5.78 Å². The molecular weight excluding hydrogens is 175 g/mol. The highest BCUT2D eigenvalue weighted by atomic mass is 19.1. The van der Waals surface area contributed by atoms with E-state index in [4.69, 9.17) is 5.11 Å². The first-order chi connectivity index (χ1) is 6.15. The van der Waals surface area contributed by atoms with Gasteiger partial charge in [0.15, 0.2) is 5.78 Å². The zero-order valence-electron chi connectivity index (χ0n) is 6.77. The van der Waals surface area contributed by atoms with Crippen LogP contribution >= 0.6 is 0 Å². The van der Waals surface area contributed by atoms with Crippen LogP contribution in [0.5, 0.6) is 0 Å². The van der Waals surface area contributed by atoms with Crippen molar-refractivity contribution in [2.24, 2.45) is 0 Å². The third kappa shape index (κ3) is 2.34. The number of carbonyl (C=O) groups is 1. The Kier molecular flexibility index (Phi) is 3.11. The van der Waals surface area contributed by atoms with E-state index in [1.807, 2.05) is 0 Å². The molecule has 0 aliphatic carbocycles. The zero-order chi connectivity index (χ0) is 9.84. The summed E-state index contributed by atoms with van der Waals surface area (Å²) in [6, 6.07) is 5.07. The Labute approximate surface area is 74.4 Å². The molecule has 13 heavy (non-hydrogen) atoms. The normalized spacial score (nSPS) is 12.5. The zero-order valence-corrected chi connectivity index (χ0v) is 6.77. The van der Waals surface area contributed by atoms with Crippen LogP contribution in [0.2, 0.25) is 0 Å². The predicted octanol–water partition coefficient (Wildman–Crippen LogP) is 0.420. The van der Waals surface area contributed by atoms with Gasteiger partial charge in [-0.15, -0.1) is 0 Å². The second kappa shape index (κ2) is 4.11. The van der Waals surface area contributed by atoms with Gasteiger partial charge in [-0.25, -0.2) is 4.39 Å². The van der Waals surface area contributed by atoms with Gasteiger partial charge in [0.2, 0.25) is 0 Å². The van der Waals surface area contributed by atoms with Gasteiger partial charge in [0.05, 0.1) is 0 Å². The minimum atomic E-state index is -1.44. The summed E-state index contributed by atoms with van der Waals surface area (Å²) < 4.78 is 12.6. The molecule has 0 amide bonds. The monoisotopic (exact) mass is 184 g/mol. The molecule has 3 nitrogen and oxygen atoms in total. The minimum absolute atomic E-state index is 0.152. The summed E-state index contributed by atoms with van der Waals surface area (Å²) in [5.41, 5.74) is 0.152. The molecule has 0 fully saturated rings. The predicted molar refractivity (Wildman–Crippen MR) is 43.5 cm³/mol. The lowest BCUT2D eigenvalue weighted by Crippen LogP contribution is -2.15. The number of rotatable bonds is 3. The molecule has 0 heterocycles. The highest BCUT2D eigenvalue weighted by molar-refractivity contribution is 5.84. The molecule has 4 heteroatoms. The first kappa shape index (κ1) is 9.83. The molecule has 0 aromatic heterocycles. The second-order valence-corrected chi connectivity index (χ2v) is 2.58. The van der Waals surface area contributed by atoms with Crippen LogP contribution in [-0.4, -0.2) is 22.6 Å². The topological polar surface area (TPSA) is 57.5 Å². The SMILES string of the molecule is O=C(CO)C(O)c1cccc(F)c1. The number of hydrogen-bond acceptors (Lipinski definition) is 3. The Hall–Kier alpha value is -1.26. The van der Waals surface area contributed by atoms with E-state index in [2.05, 4.69) is 0 Å². The Bertz CT molecular complexity index is 311. The van der Waals surface area contributed by atoms with Crippen molar-refractivity contribution in [3.8, 4) is 0 Å². The molecular formula is C9H9FO3. The average molecular weight is 184 g/mol. The summed E-state index contributed by atoms with van der Waals surface area (Å²) in [5, 5.41) is 17.7. The van der Waals surface area contributed by atoms with E-state index in [1.165, 1.54) is 18.2 Å². The Balaban J connectivity index is 2.88. The first-order valence-corrected chi connectivity index (χ1v) is 3.72. The van der Waals surface area contributed by atoms with Gasteiger partial charge in [0.25, 0.3) is 0 Å². The molecule has 0 saturated carbocycles. The molecule has 1 aromatic carbocycles. The van der Waals surface area contributed by atoms with Gasteiger partial charge in [0, 0.05) is 0 Å². The van der Waals surface area contributed by atoms with Gasteiger partial charge in [-0.3, -0.25) is 4.79 Å². The van der Waals surface area contributed by atoms with Crippen LogP contribution in [0, 0.1) is 5.82 Å². The smallest absolute Gasteiger partial charge is 0.191 e. The average Bonchev–Trinajstić information content (AvgIpc) is 2.15. The van der Waals surface area contributed by atoms with Crippen LogP contribution < -0.4 is 0 Å². The summed E-state index contributed by atoms with van der Waals surface area (Å²) in [7, 11) is 0. The molecule has 0 bridgehead atoms. The number of benzene rings is 1. The minimum Gasteiger partial charge on any atom is -0.388 e. The molecule has 0 aliphatic rings. The van der Waals surface area contributed by atoms with Crippen LogP contribution in [0.3, 0.4) is 0 Å². The number of ketones is 1. The standard InChI is InChI=1S/C9H9FO3/c10-7-3-1-2-6(4-7)9(13)8(12)5-11/h1-4,9,11,13H,5H2. The van der Waals surface area contributed by atoms with E-state index in [0.29, 0.717) is 0 Å². The molecule has 0 radical (unpaired) electrons. The summed E-state index contributed by atoms with van der Waals surface area (Å²) in [4.78, 5) is 10.8. The molecule has 0 spiro atoms. The van der Waals surface area contributed by atoms with E-state index < -0.39 is 24.3 Å². The number of Topliss-reactive ketones (excluding diaryl/α,β-unsaturated/α-hetero) is 1. The van der Waals surface area contributed by atoms with E-state index in [0.717, 1.165) is 6.07 Å². The largest absolute Gasteiger partial charge is 0.388 e. The van der Waals surface area contributed by atoms with Gasteiger partial charge < -0.3 is 10.2 Å². The van der Waals surface area contributed by atoms with Crippen molar-refractivity contribution in [2.75, 3.05) is 6.61 Å². The Morgan fingerprint density at radius 1 is 1.54 bits per heavy atom. The summed E-state index contributed by atoms with van der Waals surface area (Å²) in [5.74, 6) is -1.27. The summed E-state index contributed by atoms with van der Waals surface area (Å²) in [6.45, 7) is -0.752. The Morgan fingerprint density at radius 2 is 2.23 bits per heavy atom. The molecule has 2 N–H and O–H groups in total. The van der Waals surface area contributed by atoms with Crippen molar-refractivity contribution in [3.05, 3.63) is 35.6 Å². The van der Waals surface area contributed by atoms with Gasteiger partial charge in [0.1, 0.15) is 18.5 Å². The van der Waals surface area contributed by atoms with E-state index in [1.54, 1.807) is 0 Å². The van der Waals surface area contributed by atoms with Crippen LogP contribution in [0.15, 0.2) is 24.3 Å². The lowest BCUT2D eigenvalue weighted by atomic mass is 10.1. The van der Waals surface area contributed by atoms with Gasteiger partial charge in [-0.1, -0.05) is 12.1 Å². The third-order valence-electron chi connectivity index (χ3n) is 1.63. The van der Waals surface area contributed by atoms with E-state index >= 15 is 0 Å². The van der Waals surface area contributed by atoms with Crippen molar-refractivity contribution in [3.63, 3.8) is 0 Å². The number of halogens is 1. The van der Waals surface area contributed by atoms with Gasteiger partial charge >= 0.3 is 0 Å². The maximum Gasteiger partial charge on any atom is 0.191 e. The molecule has 1 rings (SSSR count). The van der Waals surface area contributed by atoms with Crippen LogP contribution in [-0.2, 0) is 4.79 Å². The fraction of sp³-hybridized carbons (Fsp3) is 0.222. The second-order valence-electron chi connectivity index (χ2n) is 2.58. The van der Waals surface area contributed by atoms with Gasteiger partial charge in [-0.05, 0) is 17.7 Å². The van der Waals surface area contributed by atoms with E-state index in [9.17, 15) is 14.3 Å². The number of aliphatic hydroxyl groups is 2. The maximum absolute atomic E-state index is 12.6. The highest BCUT2D eigenvalue weighted by Gasteiger charge is 2.15. The van der Waals surface area contributed by atoms with Crippen molar-refractivity contribution < 1.29 is 19.4 Å². The fourth-order valence-electron chi connectivity index (χ4n) is 0.949. The Morgan fingerprint density at radius 3 is 2.77 bits per heavy atom. The number of hydrogen-bond donors (Lipinski definition) is 2. The first-order valence-electron chi connectivity index (χ1n) is 3.72. The molecule has 70 valence electrons. The van der Waals surface area contributed by atoms with Crippen LogP contribution in [0.25, 0.3) is 0 Å². The van der Waals surface area contributed by atoms with E-state index in [-0.39, 0.29) is 5.56 Å². The molecule has 1 aromatic rings. The van der Waals surface area contributed by atoms with Crippen LogP contribution in [0.4, 0.5) is 4.39 Å². The molecule has 0 saturated heterocycles. The van der Waals surface area contributed by atoms with Crippen LogP contribution in [0.1, 0.15) is 11.7 Å². The van der Waals surface area contributed by atoms with Gasteiger partial charge in [-0.2, -0.15) is 0 Å². The summed E-state index contributed by atoms with van der Waals surface area (Å²) in [6.07, 6.45) is -1.44. The molecule has 1 unspecified atom stereocenters. The molecule has 0 aliphatic heterocycles. The third-order valence-corrected chi connectivity index (χ3v) is 1.63. The number of carbonyl (C=O) groups excluding carboxylic acids is 1. The number of aliphatic hydroxyl groups excluding tert-OH is 2. The lowest BCUT2D eigenvalue weighted by Gasteiger charge is -2.07. The maximum atomic E-state index is 12.6. The lowest BCUT2D eigenvalue weighted by molar-refractivity contribution is -0.130. The summed E-state index contributed by atoms with van der Waals surface area (Å²) >= 11 is 0. The van der Waals surface area contributed by atoms with Crippen molar-refractivity contribution in [1.29, 1.82) is 0 Å². The fourth-order valence-corrected chi connectivity index (χ4v) is 0.949. The quantitative estimate of drug-likeness (QED) is 0.715. The highest BCUT2D eigenvalue weighted by Crippen LogP contribution is 2.14. The van der Waals surface area contributed by atoms with Crippen molar-refractivity contribution in [1.82, 2.24) is 0 Å². The van der Waals surface area contributed by atoms with Crippen molar-refractivity contribution in [2.45, 2.75) is 6.10 Å².